The monoisotopic (exact) mass is 245 g/mol. The van der Waals surface area contributed by atoms with Gasteiger partial charge in [0, 0.05) is 25.0 Å². The second kappa shape index (κ2) is 5.73. The van der Waals surface area contributed by atoms with Gasteiger partial charge in [-0.1, -0.05) is 0 Å². The predicted octanol–water partition coefficient (Wildman–Crippen LogP) is 1.85. The molecule has 0 saturated heterocycles. The minimum atomic E-state index is 0.337. The highest BCUT2D eigenvalue weighted by Crippen LogP contribution is 2.07. The molecule has 1 N–H and O–H groups in total. The minimum absolute atomic E-state index is 0.337. The summed E-state index contributed by atoms with van der Waals surface area (Å²) in [5.74, 6) is 0.964. The van der Waals surface area contributed by atoms with Gasteiger partial charge in [-0.25, -0.2) is 9.67 Å². The molecule has 0 aliphatic heterocycles. The normalized spacial score (nSPS) is 11.1. The molecule has 0 spiro atoms. The van der Waals surface area contributed by atoms with Gasteiger partial charge in [0.1, 0.15) is 12.2 Å². The van der Waals surface area contributed by atoms with Crippen LogP contribution in [0, 0.1) is 6.92 Å². The Labute approximate surface area is 107 Å². The van der Waals surface area contributed by atoms with Crippen molar-refractivity contribution in [2.45, 2.75) is 39.9 Å². The Morgan fingerprint density at radius 1 is 1.33 bits per heavy atom. The van der Waals surface area contributed by atoms with E-state index in [9.17, 15) is 0 Å². The predicted molar refractivity (Wildman–Crippen MR) is 69.9 cm³/mol. The first-order valence-corrected chi connectivity index (χ1v) is 6.17. The zero-order chi connectivity index (χ0) is 13.0. The molecule has 2 heterocycles. The van der Waals surface area contributed by atoms with E-state index in [0.717, 1.165) is 12.4 Å². The Morgan fingerprint density at radius 3 is 2.89 bits per heavy atom. The van der Waals surface area contributed by atoms with Crippen LogP contribution in [0.4, 0.5) is 0 Å². The zero-order valence-electron chi connectivity index (χ0n) is 11.1. The molecule has 2 aromatic heterocycles. The third-order valence-electron chi connectivity index (χ3n) is 2.88. The molecule has 0 radical (unpaired) electrons. The zero-order valence-corrected chi connectivity index (χ0v) is 11.1. The van der Waals surface area contributed by atoms with Crippen molar-refractivity contribution in [3.63, 3.8) is 0 Å². The smallest absolute Gasteiger partial charge is 0.141 e. The van der Waals surface area contributed by atoms with Gasteiger partial charge in [-0.2, -0.15) is 5.10 Å². The van der Waals surface area contributed by atoms with Crippen molar-refractivity contribution in [3.8, 4) is 0 Å². The maximum absolute atomic E-state index is 4.26. The summed E-state index contributed by atoms with van der Waals surface area (Å²) in [7, 11) is 0. The van der Waals surface area contributed by atoms with Crippen molar-refractivity contribution >= 4 is 0 Å². The van der Waals surface area contributed by atoms with Crippen LogP contribution in [0.1, 0.15) is 36.8 Å². The van der Waals surface area contributed by atoms with Crippen LogP contribution in [-0.2, 0) is 13.1 Å². The van der Waals surface area contributed by atoms with E-state index >= 15 is 0 Å². The molecule has 0 aromatic carbocycles. The molecular formula is C13H19N5. The van der Waals surface area contributed by atoms with Crippen LogP contribution in [0.5, 0.6) is 0 Å². The molecule has 0 atom stereocenters. The van der Waals surface area contributed by atoms with Crippen molar-refractivity contribution in [1.82, 2.24) is 25.1 Å². The largest absolute Gasteiger partial charge is 0.306 e. The van der Waals surface area contributed by atoms with Crippen LogP contribution in [0.3, 0.4) is 0 Å². The van der Waals surface area contributed by atoms with E-state index in [2.05, 4.69) is 41.2 Å². The molecule has 18 heavy (non-hydrogen) atoms. The maximum Gasteiger partial charge on any atom is 0.141 e. The van der Waals surface area contributed by atoms with Crippen LogP contribution in [0.15, 0.2) is 24.8 Å². The third kappa shape index (κ3) is 2.92. The average molecular weight is 245 g/mol. The number of hydrogen-bond donors (Lipinski definition) is 1. The molecule has 0 bridgehead atoms. The lowest BCUT2D eigenvalue weighted by Crippen LogP contribution is -2.18. The summed E-state index contributed by atoms with van der Waals surface area (Å²) in [5, 5.41) is 7.59. The second-order valence-electron chi connectivity index (χ2n) is 4.62. The average Bonchev–Trinajstić information content (AvgIpc) is 2.80. The van der Waals surface area contributed by atoms with Gasteiger partial charge >= 0.3 is 0 Å². The fourth-order valence-electron chi connectivity index (χ4n) is 1.82. The Bertz CT molecular complexity index is 504. The molecule has 5 heteroatoms. The van der Waals surface area contributed by atoms with E-state index in [1.54, 1.807) is 6.33 Å². The molecule has 0 unspecified atom stereocenters. The van der Waals surface area contributed by atoms with Gasteiger partial charge in [0.2, 0.25) is 0 Å². The van der Waals surface area contributed by atoms with Gasteiger partial charge in [-0.3, -0.25) is 4.98 Å². The number of hydrogen-bond acceptors (Lipinski definition) is 4. The molecular weight excluding hydrogens is 226 g/mol. The summed E-state index contributed by atoms with van der Waals surface area (Å²) in [6, 6.07) is 2.36. The standard InChI is InChI=1S/C13H19N5/c1-10(2)18-13(16-9-17-18)8-15-7-12-6-14-5-4-11(12)3/h4-6,9-10,15H,7-8H2,1-3H3. The third-order valence-corrected chi connectivity index (χ3v) is 2.88. The molecule has 0 saturated carbocycles. The highest BCUT2D eigenvalue weighted by atomic mass is 15.3. The summed E-state index contributed by atoms with van der Waals surface area (Å²) in [6.45, 7) is 7.80. The van der Waals surface area contributed by atoms with Gasteiger partial charge < -0.3 is 5.32 Å². The Hall–Kier alpha value is -1.75. The first-order valence-electron chi connectivity index (χ1n) is 6.17. The van der Waals surface area contributed by atoms with E-state index < -0.39 is 0 Å². The number of aryl methyl sites for hydroxylation is 1. The van der Waals surface area contributed by atoms with E-state index in [4.69, 9.17) is 0 Å². The van der Waals surface area contributed by atoms with E-state index in [1.165, 1.54) is 11.1 Å². The van der Waals surface area contributed by atoms with Gasteiger partial charge in [0.15, 0.2) is 0 Å². The number of aromatic nitrogens is 4. The highest BCUT2D eigenvalue weighted by molar-refractivity contribution is 5.20. The molecule has 0 aliphatic rings. The molecule has 96 valence electrons. The van der Waals surface area contributed by atoms with Crippen LogP contribution in [0.25, 0.3) is 0 Å². The van der Waals surface area contributed by atoms with E-state index in [0.29, 0.717) is 12.6 Å². The molecule has 0 fully saturated rings. The lowest BCUT2D eigenvalue weighted by molar-refractivity contribution is 0.489. The highest BCUT2D eigenvalue weighted by Gasteiger charge is 2.07. The Kier molecular flexibility index (Phi) is 4.04. The van der Waals surface area contributed by atoms with Crippen LogP contribution >= 0.6 is 0 Å². The number of pyridine rings is 1. The summed E-state index contributed by atoms with van der Waals surface area (Å²) >= 11 is 0. The van der Waals surface area contributed by atoms with Crippen molar-refractivity contribution in [2.24, 2.45) is 0 Å². The first-order chi connectivity index (χ1) is 8.68. The Morgan fingerprint density at radius 2 is 2.17 bits per heavy atom. The maximum atomic E-state index is 4.26. The lowest BCUT2D eigenvalue weighted by atomic mass is 10.1. The minimum Gasteiger partial charge on any atom is -0.306 e. The van der Waals surface area contributed by atoms with Crippen molar-refractivity contribution in [2.75, 3.05) is 0 Å². The fourth-order valence-corrected chi connectivity index (χ4v) is 1.82. The number of nitrogens with one attached hydrogen (secondary N) is 1. The SMILES string of the molecule is Cc1ccncc1CNCc1ncnn1C(C)C. The van der Waals surface area contributed by atoms with Crippen LogP contribution < -0.4 is 5.32 Å². The van der Waals surface area contributed by atoms with Gasteiger partial charge in [0.05, 0.1) is 6.54 Å². The molecule has 0 aliphatic carbocycles. The summed E-state index contributed by atoms with van der Waals surface area (Å²) in [5.41, 5.74) is 2.47. The molecule has 2 rings (SSSR count). The van der Waals surface area contributed by atoms with Crippen LogP contribution in [-0.4, -0.2) is 19.7 Å². The fraction of sp³-hybridized carbons (Fsp3) is 0.462. The topological polar surface area (TPSA) is 55.6 Å². The quantitative estimate of drug-likeness (QED) is 0.873. The van der Waals surface area contributed by atoms with Crippen molar-refractivity contribution < 1.29 is 0 Å². The second-order valence-corrected chi connectivity index (χ2v) is 4.62. The van der Waals surface area contributed by atoms with Gasteiger partial charge in [-0.05, 0) is 38.0 Å². The summed E-state index contributed by atoms with van der Waals surface area (Å²) in [4.78, 5) is 8.40. The summed E-state index contributed by atoms with van der Waals surface area (Å²) in [6.07, 6.45) is 5.32. The lowest BCUT2D eigenvalue weighted by Gasteiger charge is -2.10. The number of rotatable bonds is 5. The molecule has 5 nitrogen and oxygen atoms in total. The molecule has 2 aromatic rings. The van der Waals surface area contributed by atoms with E-state index in [-0.39, 0.29) is 0 Å². The van der Waals surface area contributed by atoms with Gasteiger partial charge in [-0.15, -0.1) is 0 Å². The molecule has 0 amide bonds. The van der Waals surface area contributed by atoms with Crippen molar-refractivity contribution in [3.05, 3.63) is 41.7 Å². The van der Waals surface area contributed by atoms with Crippen LogP contribution in [0.2, 0.25) is 0 Å². The van der Waals surface area contributed by atoms with Gasteiger partial charge in [0.25, 0.3) is 0 Å². The van der Waals surface area contributed by atoms with E-state index in [1.807, 2.05) is 23.1 Å². The first kappa shape index (κ1) is 12.7. The summed E-state index contributed by atoms with van der Waals surface area (Å²) < 4.78 is 1.93. The van der Waals surface area contributed by atoms with Crippen molar-refractivity contribution in [1.29, 1.82) is 0 Å². The Balaban J connectivity index is 1.93. The number of nitrogens with zero attached hydrogens (tertiary/aromatic N) is 4.